The number of rotatable bonds is 4. The molecule has 0 saturated carbocycles. The van der Waals surface area contributed by atoms with E-state index in [0.717, 1.165) is 60.7 Å². The molecule has 0 atom stereocenters. The quantitative estimate of drug-likeness (QED) is 0.720. The zero-order valence-corrected chi connectivity index (χ0v) is 15.6. The first-order valence-electron chi connectivity index (χ1n) is 8.92. The molecule has 1 N–H and O–H groups in total. The summed E-state index contributed by atoms with van der Waals surface area (Å²) in [5, 5.41) is 15.3. The van der Waals surface area contributed by atoms with Gasteiger partial charge in [-0.25, -0.2) is 8.78 Å². The predicted molar refractivity (Wildman–Crippen MR) is 99.7 cm³/mol. The molecule has 0 unspecified atom stereocenters. The molecule has 4 rings (SSSR count). The van der Waals surface area contributed by atoms with Crippen molar-refractivity contribution in [2.75, 3.05) is 5.32 Å². The van der Waals surface area contributed by atoms with Crippen molar-refractivity contribution in [3.05, 3.63) is 63.1 Å². The van der Waals surface area contributed by atoms with Gasteiger partial charge in [0.05, 0.1) is 18.4 Å². The fourth-order valence-corrected chi connectivity index (χ4v) is 3.43. The van der Waals surface area contributed by atoms with Crippen molar-refractivity contribution in [3.8, 4) is 5.69 Å². The minimum atomic E-state index is -0.905. The van der Waals surface area contributed by atoms with Gasteiger partial charge >= 0.3 is 0 Å². The van der Waals surface area contributed by atoms with Gasteiger partial charge in [-0.1, -0.05) is 18.0 Å². The van der Waals surface area contributed by atoms with Crippen LogP contribution in [0.5, 0.6) is 0 Å². The summed E-state index contributed by atoms with van der Waals surface area (Å²) in [6, 6.07) is 2.86. The zero-order chi connectivity index (χ0) is 19.7. The molecule has 1 aromatic carbocycles. The highest BCUT2D eigenvalue weighted by Crippen LogP contribution is 2.20. The van der Waals surface area contributed by atoms with Crippen molar-refractivity contribution < 1.29 is 8.78 Å². The van der Waals surface area contributed by atoms with Gasteiger partial charge in [-0.05, 0) is 25.0 Å². The fraction of sp³-hybridized carbons (Fsp3) is 0.333. The average Bonchev–Trinajstić information content (AvgIpc) is 2.90. The lowest BCUT2D eigenvalue weighted by atomic mass is 10.2. The van der Waals surface area contributed by atoms with Crippen LogP contribution in [0.25, 0.3) is 5.69 Å². The maximum absolute atomic E-state index is 14.0. The summed E-state index contributed by atoms with van der Waals surface area (Å²) in [5.41, 5.74) is -0.587. The van der Waals surface area contributed by atoms with Gasteiger partial charge in [0.2, 0.25) is 0 Å². The molecule has 1 aliphatic rings. The van der Waals surface area contributed by atoms with E-state index < -0.39 is 17.2 Å². The molecular weight excluding hydrogens is 390 g/mol. The minimum Gasteiger partial charge on any atom is -0.375 e. The Kier molecular flexibility index (Phi) is 5.08. The first kappa shape index (κ1) is 18.5. The number of hydrogen-bond acceptors (Lipinski definition) is 5. The van der Waals surface area contributed by atoms with Crippen molar-refractivity contribution in [3.63, 3.8) is 0 Å². The monoisotopic (exact) mass is 406 g/mol. The van der Waals surface area contributed by atoms with Gasteiger partial charge < -0.3 is 9.88 Å². The molecule has 0 amide bonds. The van der Waals surface area contributed by atoms with E-state index in [-0.39, 0.29) is 10.7 Å². The number of aromatic nitrogens is 5. The molecule has 0 saturated heterocycles. The Bertz CT molecular complexity index is 1080. The molecule has 10 heteroatoms. The SMILES string of the molecule is O=c1c(Cl)c(NCc2nnc3n2CCCCC3)cnn1-c1ccc(F)cc1F. The summed E-state index contributed by atoms with van der Waals surface area (Å²) < 4.78 is 29.9. The molecule has 2 aromatic heterocycles. The van der Waals surface area contributed by atoms with Gasteiger partial charge in [0.25, 0.3) is 5.56 Å². The highest BCUT2D eigenvalue weighted by molar-refractivity contribution is 6.32. The van der Waals surface area contributed by atoms with Crippen molar-refractivity contribution in [1.82, 2.24) is 24.5 Å². The van der Waals surface area contributed by atoms with E-state index in [2.05, 4.69) is 25.2 Å². The minimum absolute atomic E-state index is 0.144. The Hall–Kier alpha value is -2.81. The third-order valence-corrected chi connectivity index (χ3v) is 5.05. The maximum Gasteiger partial charge on any atom is 0.292 e. The van der Waals surface area contributed by atoms with Gasteiger partial charge in [-0.2, -0.15) is 9.78 Å². The standard InChI is InChI=1S/C18H17ClF2N6O/c19-17-13(22-10-16-25-24-15-4-2-1-3-7-26(15)16)9-23-27(18(17)28)14-6-5-11(20)8-12(14)21/h5-6,8-9,22H,1-4,7,10H2. The normalized spacial score (nSPS) is 13.8. The molecule has 0 aliphatic carbocycles. The van der Waals surface area contributed by atoms with Gasteiger partial charge in [0.15, 0.2) is 11.6 Å². The largest absolute Gasteiger partial charge is 0.375 e. The number of halogens is 3. The molecule has 0 spiro atoms. The number of anilines is 1. The highest BCUT2D eigenvalue weighted by Gasteiger charge is 2.17. The summed E-state index contributed by atoms with van der Waals surface area (Å²) in [4.78, 5) is 12.5. The number of nitrogens with one attached hydrogen (secondary N) is 1. The second-order valence-corrected chi connectivity index (χ2v) is 6.91. The van der Waals surface area contributed by atoms with Crippen molar-refractivity contribution in [2.24, 2.45) is 0 Å². The number of hydrogen-bond donors (Lipinski definition) is 1. The van der Waals surface area contributed by atoms with Crippen LogP contribution in [-0.4, -0.2) is 24.5 Å². The highest BCUT2D eigenvalue weighted by atomic mass is 35.5. The molecule has 0 fully saturated rings. The summed E-state index contributed by atoms with van der Waals surface area (Å²) in [6.45, 7) is 1.18. The van der Waals surface area contributed by atoms with Crippen LogP contribution >= 0.6 is 11.6 Å². The molecule has 28 heavy (non-hydrogen) atoms. The Balaban J connectivity index is 1.58. The van der Waals surface area contributed by atoms with Gasteiger partial charge in [-0.3, -0.25) is 4.79 Å². The summed E-state index contributed by atoms with van der Waals surface area (Å²) in [6.07, 6.45) is 5.55. The lowest BCUT2D eigenvalue weighted by molar-refractivity contribution is 0.570. The predicted octanol–water partition coefficient (Wildman–Crippen LogP) is 3.09. The zero-order valence-electron chi connectivity index (χ0n) is 14.8. The summed E-state index contributed by atoms with van der Waals surface area (Å²) in [7, 11) is 0. The molecule has 146 valence electrons. The Morgan fingerprint density at radius 2 is 2.04 bits per heavy atom. The van der Waals surface area contributed by atoms with E-state index in [9.17, 15) is 13.6 Å². The van der Waals surface area contributed by atoms with Crippen molar-refractivity contribution in [1.29, 1.82) is 0 Å². The molecule has 0 bridgehead atoms. The lowest BCUT2D eigenvalue weighted by Crippen LogP contribution is -2.24. The van der Waals surface area contributed by atoms with E-state index in [1.807, 2.05) is 0 Å². The van der Waals surface area contributed by atoms with Crippen molar-refractivity contribution >= 4 is 17.3 Å². The molecule has 1 aliphatic heterocycles. The number of nitrogens with zero attached hydrogens (tertiary/aromatic N) is 5. The van der Waals surface area contributed by atoms with Gasteiger partial charge in [-0.15, -0.1) is 10.2 Å². The summed E-state index contributed by atoms with van der Waals surface area (Å²) >= 11 is 6.17. The molecule has 3 aromatic rings. The second-order valence-electron chi connectivity index (χ2n) is 6.53. The van der Waals surface area contributed by atoms with Gasteiger partial charge in [0, 0.05) is 19.0 Å². The fourth-order valence-electron chi connectivity index (χ4n) is 3.23. The van der Waals surface area contributed by atoms with Crippen LogP contribution in [0.15, 0.2) is 29.2 Å². The van der Waals surface area contributed by atoms with E-state index in [0.29, 0.717) is 18.3 Å². The Morgan fingerprint density at radius 3 is 2.86 bits per heavy atom. The van der Waals surface area contributed by atoms with E-state index in [4.69, 9.17) is 11.6 Å². The topological polar surface area (TPSA) is 77.6 Å². The van der Waals surface area contributed by atoms with Crippen LogP contribution in [0, 0.1) is 11.6 Å². The average molecular weight is 407 g/mol. The number of benzene rings is 1. The lowest BCUT2D eigenvalue weighted by Gasteiger charge is -2.11. The first-order valence-corrected chi connectivity index (χ1v) is 9.30. The van der Waals surface area contributed by atoms with Gasteiger partial charge in [0.1, 0.15) is 22.4 Å². The molecule has 0 radical (unpaired) electrons. The number of fused-ring (bicyclic) bond motifs is 1. The summed E-state index contributed by atoms with van der Waals surface area (Å²) in [5.74, 6) is 0.0612. The van der Waals surface area contributed by atoms with Crippen LogP contribution in [0.3, 0.4) is 0 Å². The van der Waals surface area contributed by atoms with Crippen molar-refractivity contribution in [2.45, 2.75) is 38.8 Å². The van der Waals surface area contributed by atoms with Crippen LogP contribution in [0.2, 0.25) is 5.02 Å². The molecule has 7 nitrogen and oxygen atoms in total. The Labute approximate surface area is 164 Å². The smallest absolute Gasteiger partial charge is 0.292 e. The van der Waals surface area contributed by atoms with Crippen LogP contribution < -0.4 is 10.9 Å². The Morgan fingerprint density at radius 1 is 1.18 bits per heavy atom. The van der Waals surface area contributed by atoms with E-state index in [1.54, 1.807) is 0 Å². The van der Waals surface area contributed by atoms with Crippen LogP contribution in [0.1, 0.15) is 30.9 Å². The maximum atomic E-state index is 14.0. The number of aryl methyl sites for hydroxylation is 1. The van der Waals surface area contributed by atoms with E-state index >= 15 is 0 Å². The third kappa shape index (κ3) is 3.49. The molecule has 3 heterocycles. The second kappa shape index (κ2) is 7.67. The van der Waals surface area contributed by atoms with Crippen LogP contribution in [0.4, 0.5) is 14.5 Å². The molecular formula is C18H17ClF2N6O. The first-order chi connectivity index (χ1) is 13.5. The van der Waals surface area contributed by atoms with Crippen LogP contribution in [-0.2, 0) is 19.5 Å². The third-order valence-electron chi connectivity index (χ3n) is 4.68. The van der Waals surface area contributed by atoms with E-state index in [1.165, 1.54) is 6.20 Å².